The number of carbonyl (C=O) groups is 1. The number of aromatic nitrogens is 1. The van der Waals surface area contributed by atoms with Gasteiger partial charge in [-0.05, 0) is 37.1 Å². The van der Waals surface area contributed by atoms with Crippen molar-refractivity contribution in [1.29, 1.82) is 0 Å². The summed E-state index contributed by atoms with van der Waals surface area (Å²) < 4.78 is 5.20. The van der Waals surface area contributed by atoms with Crippen molar-refractivity contribution in [2.24, 2.45) is 0 Å². The molecular weight excluding hydrogens is 292 g/mol. The van der Waals surface area contributed by atoms with Crippen LogP contribution in [0.1, 0.15) is 23.8 Å². The van der Waals surface area contributed by atoms with E-state index in [2.05, 4.69) is 10.3 Å². The first-order valence-electron chi connectivity index (χ1n) is 7.56. The summed E-state index contributed by atoms with van der Waals surface area (Å²) in [4.78, 5) is 15.4. The first-order valence-corrected chi connectivity index (χ1v) is 7.56. The average Bonchev–Trinajstić information content (AvgIpc) is 3.17. The average molecular weight is 312 g/mol. The number of benzene rings is 1. The summed E-state index contributed by atoms with van der Waals surface area (Å²) in [5.41, 5.74) is 1.92. The number of aromatic amines is 1. The number of H-pyrrole nitrogens is 1. The Morgan fingerprint density at radius 3 is 2.91 bits per heavy atom. The summed E-state index contributed by atoms with van der Waals surface area (Å²) in [6.07, 6.45) is 3.62. The monoisotopic (exact) mass is 312 g/mol. The first-order chi connectivity index (χ1) is 11.0. The molecule has 0 bridgehead atoms. The maximum Gasteiger partial charge on any atom is 0.224 e. The Kier molecular flexibility index (Phi) is 3.96. The number of aryl methyl sites for hydroxylation is 1. The number of rotatable bonds is 5. The fraction of sp³-hybridized carbons (Fsp3) is 0.278. The van der Waals surface area contributed by atoms with Gasteiger partial charge in [-0.15, -0.1) is 0 Å². The van der Waals surface area contributed by atoms with Crippen LogP contribution >= 0.6 is 0 Å². The number of nitrogens with one attached hydrogen (secondary N) is 2. The Balaban J connectivity index is 1.66. The molecule has 3 rings (SSSR count). The standard InChI is InChI=1S/C18H20N2O3/c1-12-5-3-6-14-13(10-19-17(12)14)9-16(21)20-11-18(2,22)15-7-4-8-23-15/h3-8,10,19,22H,9,11H2,1-2H3,(H,20,21). The lowest BCUT2D eigenvalue weighted by Crippen LogP contribution is -2.39. The summed E-state index contributed by atoms with van der Waals surface area (Å²) in [5.74, 6) is 0.291. The van der Waals surface area contributed by atoms with Crippen LogP contribution in [-0.2, 0) is 16.8 Å². The molecule has 0 spiro atoms. The van der Waals surface area contributed by atoms with Crippen LogP contribution in [0.3, 0.4) is 0 Å². The SMILES string of the molecule is Cc1cccc2c(CC(=O)NCC(C)(O)c3ccco3)c[nH]c12. The number of aliphatic hydroxyl groups is 1. The van der Waals surface area contributed by atoms with E-state index in [-0.39, 0.29) is 18.9 Å². The van der Waals surface area contributed by atoms with Gasteiger partial charge in [-0.1, -0.05) is 18.2 Å². The van der Waals surface area contributed by atoms with Crippen LogP contribution in [0.4, 0.5) is 0 Å². The van der Waals surface area contributed by atoms with Gasteiger partial charge in [-0.3, -0.25) is 4.79 Å². The Hall–Kier alpha value is -2.53. The van der Waals surface area contributed by atoms with Crippen molar-refractivity contribution in [3.63, 3.8) is 0 Å². The third-order valence-corrected chi connectivity index (χ3v) is 4.04. The molecular formula is C18H20N2O3. The van der Waals surface area contributed by atoms with E-state index in [1.165, 1.54) is 6.26 Å². The third kappa shape index (κ3) is 3.14. The summed E-state index contributed by atoms with van der Waals surface area (Å²) in [6.45, 7) is 3.74. The largest absolute Gasteiger partial charge is 0.466 e. The lowest BCUT2D eigenvalue weighted by atomic mass is 10.0. The predicted molar refractivity (Wildman–Crippen MR) is 88.0 cm³/mol. The maximum absolute atomic E-state index is 12.2. The van der Waals surface area contributed by atoms with E-state index in [4.69, 9.17) is 4.42 Å². The molecule has 2 heterocycles. The first kappa shape index (κ1) is 15.4. The Labute approximate surface area is 134 Å². The van der Waals surface area contributed by atoms with Crippen molar-refractivity contribution in [3.8, 4) is 0 Å². The number of para-hydroxylation sites is 1. The molecule has 0 aliphatic heterocycles. The number of hydrogen-bond acceptors (Lipinski definition) is 3. The molecule has 0 radical (unpaired) electrons. The molecule has 3 aromatic rings. The minimum absolute atomic E-state index is 0.0979. The van der Waals surface area contributed by atoms with Gasteiger partial charge in [0.05, 0.1) is 19.2 Å². The van der Waals surface area contributed by atoms with Gasteiger partial charge in [0.25, 0.3) is 0 Å². The molecule has 1 aromatic carbocycles. The van der Waals surface area contributed by atoms with Crippen LogP contribution in [0.5, 0.6) is 0 Å². The van der Waals surface area contributed by atoms with Crippen molar-refractivity contribution in [2.45, 2.75) is 25.9 Å². The molecule has 0 aliphatic carbocycles. The molecule has 120 valence electrons. The second kappa shape index (κ2) is 5.93. The maximum atomic E-state index is 12.2. The molecule has 0 saturated heterocycles. The second-order valence-corrected chi connectivity index (χ2v) is 6.02. The number of furan rings is 1. The van der Waals surface area contributed by atoms with Gasteiger partial charge in [0.1, 0.15) is 11.4 Å². The highest BCUT2D eigenvalue weighted by Crippen LogP contribution is 2.22. The molecule has 2 aromatic heterocycles. The molecule has 1 atom stereocenters. The van der Waals surface area contributed by atoms with Gasteiger partial charge in [0.2, 0.25) is 5.91 Å². The molecule has 0 saturated carbocycles. The molecule has 0 fully saturated rings. The minimum Gasteiger partial charge on any atom is -0.466 e. The van der Waals surface area contributed by atoms with E-state index in [1.54, 1.807) is 19.1 Å². The van der Waals surface area contributed by atoms with E-state index in [0.717, 1.165) is 22.0 Å². The van der Waals surface area contributed by atoms with Crippen molar-refractivity contribution in [3.05, 3.63) is 59.7 Å². The number of carbonyl (C=O) groups excluding carboxylic acids is 1. The highest BCUT2D eigenvalue weighted by Gasteiger charge is 2.26. The molecule has 1 unspecified atom stereocenters. The Morgan fingerprint density at radius 2 is 2.17 bits per heavy atom. The number of hydrogen-bond donors (Lipinski definition) is 3. The summed E-state index contributed by atoms with van der Waals surface area (Å²) in [7, 11) is 0. The van der Waals surface area contributed by atoms with Crippen molar-refractivity contribution < 1.29 is 14.3 Å². The molecule has 3 N–H and O–H groups in total. The Bertz CT molecular complexity index is 816. The zero-order valence-electron chi connectivity index (χ0n) is 13.2. The van der Waals surface area contributed by atoms with Crippen LogP contribution < -0.4 is 5.32 Å². The van der Waals surface area contributed by atoms with Crippen LogP contribution in [0.2, 0.25) is 0 Å². The van der Waals surface area contributed by atoms with Crippen molar-refractivity contribution >= 4 is 16.8 Å². The van der Waals surface area contributed by atoms with Crippen molar-refractivity contribution in [2.75, 3.05) is 6.54 Å². The normalized spacial score (nSPS) is 13.9. The van der Waals surface area contributed by atoms with E-state index < -0.39 is 5.60 Å². The molecule has 23 heavy (non-hydrogen) atoms. The van der Waals surface area contributed by atoms with Gasteiger partial charge >= 0.3 is 0 Å². The lowest BCUT2D eigenvalue weighted by Gasteiger charge is -2.21. The second-order valence-electron chi connectivity index (χ2n) is 6.02. The minimum atomic E-state index is -1.23. The predicted octanol–water partition coefficient (Wildman–Crippen LogP) is 2.64. The van der Waals surface area contributed by atoms with Gasteiger partial charge in [-0.25, -0.2) is 0 Å². The zero-order chi connectivity index (χ0) is 16.4. The van der Waals surface area contributed by atoms with Gasteiger partial charge < -0.3 is 19.8 Å². The molecule has 1 amide bonds. The van der Waals surface area contributed by atoms with Gasteiger partial charge in [0.15, 0.2) is 0 Å². The number of fused-ring (bicyclic) bond motifs is 1. The quantitative estimate of drug-likeness (QED) is 0.677. The zero-order valence-corrected chi connectivity index (χ0v) is 13.2. The van der Waals surface area contributed by atoms with Crippen LogP contribution in [0, 0.1) is 6.92 Å². The molecule has 0 aliphatic rings. The van der Waals surface area contributed by atoms with Crippen LogP contribution in [0.25, 0.3) is 10.9 Å². The van der Waals surface area contributed by atoms with E-state index in [0.29, 0.717) is 5.76 Å². The fourth-order valence-corrected chi connectivity index (χ4v) is 2.69. The van der Waals surface area contributed by atoms with Gasteiger partial charge in [0, 0.05) is 17.1 Å². The number of amides is 1. The van der Waals surface area contributed by atoms with Gasteiger partial charge in [-0.2, -0.15) is 0 Å². The van der Waals surface area contributed by atoms with E-state index in [9.17, 15) is 9.90 Å². The molecule has 5 nitrogen and oxygen atoms in total. The van der Waals surface area contributed by atoms with E-state index in [1.807, 2.05) is 31.3 Å². The van der Waals surface area contributed by atoms with E-state index >= 15 is 0 Å². The summed E-state index contributed by atoms with van der Waals surface area (Å²) in [6, 6.07) is 9.41. The summed E-state index contributed by atoms with van der Waals surface area (Å²) >= 11 is 0. The molecule has 5 heteroatoms. The highest BCUT2D eigenvalue weighted by molar-refractivity contribution is 5.90. The van der Waals surface area contributed by atoms with Crippen LogP contribution in [0.15, 0.2) is 47.2 Å². The lowest BCUT2D eigenvalue weighted by molar-refractivity contribution is -0.121. The van der Waals surface area contributed by atoms with Crippen molar-refractivity contribution in [1.82, 2.24) is 10.3 Å². The van der Waals surface area contributed by atoms with Crippen LogP contribution in [-0.4, -0.2) is 22.5 Å². The smallest absolute Gasteiger partial charge is 0.224 e. The third-order valence-electron chi connectivity index (χ3n) is 4.04. The summed E-state index contributed by atoms with van der Waals surface area (Å²) in [5, 5.41) is 14.2. The Morgan fingerprint density at radius 1 is 1.35 bits per heavy atom. The topological polar surface area (TPSA) is 78.3 Å². The fourth-order valence-electron chi connectivity index (χ4n) is 2.69. The highest BCUT2D eigenvalue weighted by atomic mass is 16.4.